The van der Waals surface area contributed by atoms with Crippen LogP contribution in [0.4, 0.5) is 0 Å². The molecule has 0 atom stereocenters. The summed E-state index contributed by atoms with van der Waals surface area (Å²) < 4.78 is 9.84. The molecule has 92 valence electrons. The minimum atomic E-state index is -0.428. The number of esters is 2. The lowest BCUT2D eigenvalue weighted by Crippen LogP contribution is -2.34. The Morgan fingerprint density at radius 3 is 2.25 bits per heavy atom. The fourth-order valence-electron chi connectivity index (χ4n) is 1.88. The molecule has 1 fully saturated rings. The molecule has 1 rings (SSSR count). The number of methoxy groups -OCH3 is 1. The van der Waals surface area contributed by atoms with E-state index in [4.69, 9.17) is 4.74 Å². The molecule has 0 N–H and O–H groups in total. The van der Waals surface area contributed by atoms with Crippen molar-refractivity contribution < 1.29 is 19.1 Å². The average molecular weight is 228 g/mol. The van der Waals surface area contributed by atoms with E-state index in [1.54, 1.807) is 0 Å². The highest BCUT2D eigenvalue weighted by Crippen LogP contribution is 2.37. The first-order valence-electron chi connectivity index (χ1n) is 5.61. The van der Waals surface area contributed by atoms with Gasteiger partial charge in [-0.25, -0.2) is 0 Å². The molecule has 0 aromatic heterocycles. The first-order valence-corrected chi connectivity index (χ1v) is 5.61. The first-order chi connectivity index (χ1) is 7.31. The molecular formula is C12H20O4. The zero-order valence-electron chi connectivity index (χ0n) is 10.4. The molecule has 1 saturated carbocycles. The molecule has 4 nitrogen and oxygen atoms in total. The Morgan fingerprint density at radius 2 is 1.81 bits per heavy atom. The summed E-state index contributed by atoms with van der Waals surface area (Å²) in [7, 11) is 1.39. The van der Waals surface area contributed by atoms with Crippen molar-refractivity contribution in [3.05, 3.63) is 0 Å². The van der Waals surface area contributed by atoms with Gasteiger partial charge in [0.15, 0.2) is 0 Å². The van der Waals surface area contributed by atoms with Gasteiger partial charge in [-0.2, -0.15) is 0 Å². The number of rotatable bonds is 3. The van der Waals surface area contributed by atoms with Crippen LogP contribution in [0, 0.1) is 11.8 Å². The van der Waals surface area contributed by atoms with Crippen molar-refractivity contribution >= 4 is 11.9 Å². The lowest BCUT2D eigenvalue weighted by molar-refractivity contribution is -0.160. The van der Waals surface area contributed by atoms with E-state index in [2.05, 4.69) is 4.74 Å². The maximum Gasteiger partial charge on any atom is 0.308 e. The zero-order valence-corrected chi connectivity index (χ0v) is 10.4. The predicted octanol–water partition coefficient (Wildman–Crippen LogP) is 1.92. The highest BCUT2D eigenvalue weighted by molar-refractivity contribution is 5.74. The summed E-state index contributed by atoms with van der Waals surface area (Å²) in [6.07, 6.45) is 1.89. The van der Waals surface area contributed by atoms with Crippen molar-refractivity contribution in [2.75, 3.05) is 7.11 Å². The predicted molar refractivity (Wildman–Crippen MR) is 58.7 cm³/mol. The van der Waals surface area contributed by atoms with Gasteiger partial charge in [0.25, 0.3) is 0 Å². The van der Waals surface area contributed by atoms with Gasteiger partial charge in [-0.1, -0.05) is 0 Å². The second kappa shape index (κ2) is 4.85. The molecule has 0 radical (unpaired) electrons. The largest absolute Gasteiger partial charge is 0.469 e. The van der Waals surface area contributed by atoms with Crippen molar-refractivity contribution in [3.8, 4) is 0 Å². The summed E-state index contributed by atoms with van der Waals surface area (Å²) in [5.41, 5.74) is -0.428. The Balaban J connectivity index is 2.22. The maximum absolute atomic E-state index is 11.5. The normalized spacial score (nSPS) is 24.5. The van der Waals surface area contributed by atoms with Gasteiger partial charge in [-0.05, 0) is 39.5 Å². The van der Waals surface area contributed by atoms with Crippen molar-refractivity contribution in [1.29, 1.82) is 0 Å². The van der Waals surface area contributed by atoms with Crippen molar-refractivity contribution in [1.82, 2.24) is 0 Å². The monoisotopic (exact) mass is 228 g/mol. The summed E-state index contributed by atoms with van der Waals surface area (Å²) >= 11 is 0. The molecule has 0 saturated heterocycles. The number of hydrogen-bond donors (Lipinski definition) is 0. The van der Waals surface area contributed by atoms with Crippen molar-refractivity contribution in [2.24, 2.45) is 11.8 Å². The molecule has 1 aliphatic carbocycles. The van der Waals surface area contributed by atoms with Crippen molar-refractivity contribution in [2.45, 2.75) is 45.6 Å². The standard InChI is InChI=1S/C12H20O4/c1-12(2,3)16-10(13)7-8-5-9(6-8)11(14)15-4/h8-9H,5-7H2,1-4H3. The number of ether oxygens (including phenoxy) is 2. The van der Waals surface area contributed by atoms with Gasteiger partial charge in [-0.15, -0.1) is 0 Å². The third kappa shape index (κ3) is 3.83. The lowest BCUT2D eigenvalue weighted by Gasteiger charge is -2.33. The highest BCUT2D eigenvalue weighted by Gasteiger charge is 2.37. The minimum Gasteiger partial charge on any atom is -0.469 e. The van der Waals surface area contributed by atoms with Gasteiger partial charge in [0.05, 0.1) is 13.0 Å². The molecule has 0 heterocycles. The van der Waals surface area contributed by atoms with E-state index in [-0.39, 0.29) is 23.8 Å². The van der Waals surface area contributed by atoms with E-state index in [0.717, 1.165) is 12.8 Å². The highest BCUT2D eigenvalue weighted by atomic mass is 16.6. The Labute approximate surface area is 96.3 Å². The zero-order chi connectivity index (χ0) is 12.3. The summed E-state index contributed by atoms with van der Waals surface area (Å²) in [4.78, 5) is 22.6. The van der Waals surface area contributed by atoms with E-state index in [0.29, 0.717) is 6.42 Å². The van der Waals surface area contributed by atoms with Crippen LogP contribution in [0.25, 0.3) is 0 Å². The van der Waals surface area contributed by atoms with Crippen molar-refractivity contribution in [3.63, 3.8) is 0 Å². The van der Waals surface area contributed by atoms with Crippen LogP contribution >= 0.6 is 0 Å². The molecule has 0 aromatic carbocycles. The van der Waals surface area contributed by atoms with Crippen LogP contribution < -0.4 is 0 Å². The maximum atomic E-state index is 11.5. The molecule has 0 amide bonds. The molecule has 0 aliphatic heterocycles. The number of hydrogen-bond acceptors (Lipinski definition) is 4. The summed E-state index contributed by atoms with van der Waals surface area (Å²) in [5, 5.41) is 0. The smallest absolute Gasteiger partial charge is 0.308 e. The average Bonchev–Trinajstić information content (AvgIpc) is 2.06. The van der Waals surface area contributed by atoms with Crippen LogP contribution in [0.1, 0.15) is 40.0 Å². The molecule has 0 unspecified atom stereocenters. The van der Waals surface area contributed by atoms with Crippen LogP contribution in [0.15, 0.2) is 0 Å². The van der Waals surface area contributed by atoms with Crippen LogP contribution in [0.3, 0.4) is 0 Å². The molecule has 4 heteroatoms. The number of carbonyl (C=O) groups is 2. The number of carbonyl (C=O) groups excluding carboxylic acids is 2. The fourth-order valence-corrected chi connectivity index (χ4v) is 1.88. The molecule has 0 aromatic rings. The second-order valence-electron chi connectivity index (χ2n) is 5.35. The first kappa shape index (κ1) is 13.0. The summed E-state index contributed by atoms with van der Waals surface area (Å²) in [5.74, 6) is -0.0855. The molecule has 16 heavy (non-hydrogen) atoms. The lowest BCUT2D eigenvalue weighted by atomic mass is 9.73. The van der Waals surface area contributed by atoms with Gasteiger partial charge in [0.1, 0.15) is 5.60 Å². The fraction of sp³-hybridized carbons (Fsp3) is 0.833. The van der Waals surface area contributed by atoms with E-state index >= 15 is 0 Å². The Hall–Kier alpha value is -1.06. The SMILES string of the molecule is COC(=O)C1CC(CC(=O)OC(C)(C)C)C1. The molecule has 0 bridgehead atoms. The van der Waals surface area contributed by atoms with E-state index in [1.807, 2.05) is 20.8 Å². The third-order valence-corrected chi connectivity index (χ3v) is 2.65. The third-order valence-electron chi connectivity index (χ3n) is 2.65. The Morgan fingerprint density at radius 1 is 1.25 bits per heavy atom. The van der Waals surface area contributed by atoms with Gasteiger partial charge in [-0.3, -0.25) is 9.59 Å². The van der Waals surface area contributed by atoms with Gasteiger partial charge in [0.2, 0.25) is 0 Å². The quantitative estimate of drug-likeness (QED) is 0.692. The van der Waals surface area contributed by atoms with Gasteiger partial charge >= 0.3 is 11.9 Å². The van der Waals surface area contributed by atoms with Gasteiger partial charge < -0.3 is 9.47 Å². The summed E-state index contributed by atoms with van der Waals surface area (Å²) in [6, 6.07) is 0. The second-order valence-corrected chi connectivity index (χ2v) is 5.35. The Bertz CT molecular complexity index is 271. The van der Waals surface area contributed by atoms with Crippen LogP contribution in [-0.4, -0.2) is 24.6 Å². The van der Waals surface area contributed by atoms with E-state index < -0.39 is 5.60 Å². The molecular weight excluding hydrogens is 208 g/mol. The van der Waals surface area contributed by atoms with E-state index in [1.165, 1.54) is 7.11 Å². The van der Waals surface area contributed by atoms with Crippen LogP contribution in [0.5, 0.6) is 0 Å². The topological polar surface area (TPSA) is 52.6 Å². The molecule has 1 aliphatic rings. The van der Waals surface area contributed by atoms with E-state index in [9.17, 15) is 9.59 Å². The molecule has 0 spiro atoms. The van der Waals surface area contributed by atoms with Crippen LogP contribution in [0.2, 0.25) is 0 Å². The minimum absolute atomic E-state index is 0.0163. The summed E-state index contributed by atoms with van der Waals surface area (Å²) in [6.45, 7) is 5.55. The van der Waals surface area contributed by atoms with Gasteiger partial charge in [0, 0.05) is 6.42 Å². The van der Waals surface area contributed by atoms with Crippen LogP contribution in [-0.2, 0) is 19.1 Å². The Kier molecular flexibility index (Phi) is 3.94.